The van der Waals surface area contributed by atoms with Crippen molar-refractivity contribution in [1.29, 1.82) is 0 Å². The Hall–Kier alpha value is -0.580. The van der Waals surface area contributed by atoms with Crippen LogP contribution in [0.15, 0.2) is 0 Å². The lowest BCUT2D eigenvalue weighted by molar-refractivity contribution is 0.0963. The third-order valence-corrected chi connectivity index (χ3v) is 1.63. The molecule has 0 rings (SSSR count). The number of nitrogens with one attached hydrogen (secondary N) is 1. The van der Waals surface area contributed by atoms with Crippen molar-refractivity contribution in [3.05, 3.63) is 0 Å². The number of rotatable bonds is 6. The Bertz CT molecular complexity index is 174. The van der Waals surface area contributed by atoms with E-state index < -0.39 is 14.3 Å². The van der Waals surface area contributed by atoms with E-state index in [1.165, 1.54) is 0 Å². The molecule has 78 valence electrons. The van der Waals surface area contributed by atoms with Crippen LogP contribution in [0.2, 0.25) is 0 Å². The number of hydrogen-bond acceptors (Lipinski definition) is 5. The Balaban J connectivity index is 3.40. The van der Waals surface area contributed by atoms with Crippen molar-refractivity contribution in [3.63, 3.8) is 0 Å². The summed E-state index contributed by atoms with van der Waals surface area (Å²) in [4.78, 5) is 10.6. The highest BCUT2D eigenvalue weighted by molar-refractivity contribution is 7.33. The van der Waals surface area contributed by atoms with Crippen LogP contribution >= 0.6 is 8.25 Å². The second-order valence-corrected chi connectivity index (χ2v) is 3.02. The van der Waals surface area contributed by atoms with Crippen LogP contribution in [0.25, 0.3) is 0 Å². The first-order valence-corrected chi connectivity index (χ1v) is 5.19. The van der Waals surface area contributed by atoms with Gasteiger partial charge in [0.25, 0.3) is 0 Å². The minimum absolute atomic E-state index is 0.228. The van der Waals surface area contributed by atoms with Gasteiger partial charge in [0.2, 0.25) is 0 Å². The summed E-state index contributed by atoms with van der Waals surface area (Å²) in [5, 5.41) is 0. The van der Waals surface area contributed by atoms with Crippen molar-refractivity contribution in [2.75, 3.05) is 13.2 Å². The molecule has 0 aromatic heterocycles. The summed E-state index contributed by atoms with van der Waals surface area (Å²) in [5.41, 5.74) is 1.84. The molecule has 1 atom stereocenters. The van der Waals surface area contributed by atoms with Crippen molar-refractivity contribution in [2.24, 2.45) is 0 Å². The molecule has 13 heavy (non-hydrogen) atoms. The van der Waals surface area contributed by atoms with Gasteiger partial charge >= 0.3 is 14.3 Å². The lowest BCUT2D eigenvalue weighted by atomic mass is 10.5. The van der Waals surface area contributed by atoms with Crippen LogP contribution in [0.5, 0.6) is 0 Å². The van der Waals surface area contributed by atoms with E-state index in [4.69, 9.17) is 0 Å². The van der Waals surface area contributed by atoms with Gasteiger partial charge in [-0.3, -0.25) is 4.57 Å². The van der Waals surface area contributed by atoms with E-state index in [-0.39, 0.29) is 6.61 Å². The summed E-state index contributed by atoms with van der Waals surface area (Å²) in [6.07, 6.45) is -0.0416. The molecule has 7 heteroatoms. The first-order chi connectivity index (χ1) is 6.20. The van der Waals surface area contributed by atoms with Crippen LogP contribution in [0.4, 0.5) is 4.79 Å². The molecule has 0 spiro atoms. The fraction of sp³-hybridized carbons (Fsp3) is 0.833. The van der Waals surface area contributed by atoms with E-state index in [1.807, 2.05) is 12.4 Å². The van der Waals surface area contributed by atoms with Gasteiger partial charge in [-0.15, -0.1) is 0 Å². The summed E-state index contributed by atoms with van der Waals surface area (Å²) in [6, 6.07) is 0. The van der Waals surface area contributed by atoms with E-state index in [0.717, 1.165) is 6.42 Å². The Morgan fingerprint density at radius 1 is 1.46 bits per heavy atom. The number of hydroxylamine groups is 1. The smallest absolute Gasteiger partial charge is 0.431 e. The van der Waals surface area contributed by atoms with Crippen LogP contribution in [-0.2, 0) is 18.5 Å². The molecule has 1 N–H and O–H groups in total. The van der Waals surface area contributed by atoms with E-state index in [0.29, 0.717) is 6.61 Å². The maximum Gasteiger partial charge on any atom is 0.431 e. The SMILES string of the molecule is CCCO[PH](=O)ONC(=O)OCC. The van der Waals surface area contributed by atoms with Crippen molar-refractivity contribution < 1.29 is 23.2 Å². The third-order valence-electron chi connectivity index (χ3n) is 0.917. The molecule has 0 radical (unpaired) electrons. The Labute approximate surface area is 77.4 Å². The molecule has 1 unspecified atom stereocenters. The molecular formula is C6H14NO5P. The quantitative estimate of drug-likeness (QED) is 0.532. The van der Waals surface area contributed by atoms with Gasteiger partial charge in [0, 0.05) is 0 Å². The van der Waals surface area contributed by atoms with Gasteiger partial charge in [-0.1, -0.05) is 6.92 Å². The normalized spacial score (nSPS) is 12.2. The van der Waals surface area contributed by atoms with E-state index >= 15 is 0 Å². The molecule has 0 aliphatic rings. The van der Waals surface area contributed by atoms with Crippen molar-refractivity contribution in [1.82, 2.24) is 5.48 Å². The predicted molar refractivity (Wildman–Crippen MR) is 46.5 cm³/mol. The molecular weight excluding hydrogens is 197 g/mol. The third kappa shape index (κ3) is 7.77. The molecule has 0 fully saturated rings. The number of carbonyl (C=O) groups is 1. The average Bonchev–Trinajstić information content (AvgIpc) is 2.12. The fourth-order valence-corrected chi connectivity index (χ4v) is 1.06. The van der Waals surface area contributed by atoms with Gasteiger partial charge in [0.15, 0.2) is 0 Å². The van der Waals surface area contributed by atoms with Gasteiger partial charge in [-0.25, -0.2) is 4.79 Å². The second-order valence-electron chi connectivity index (χ2n) is 2.02. The fourth-order valence-electron chi connectivity index (χ4n) is 0.459. The highest BCUT2D eigenvalue weighted by atomic mass is 31.1. The van der Waals surface area contributed by atoms with Crippen molar-refractivity contribution in [3.8, 4) is 0 Å². The van der Waals surface area contributed by atoms with Crippen LogP contribution in [0, 0.1) is 0 Å². The van der Waals surface area contributed by atoms with E-state index in [9.17, 15) is 9.36 Å². The lowest BCUT2D eigenvalue weighted by Gasteiger charge is -2.04. The van der Waals surface area contributed by atoms with Crippen molar-refractivity contribution in [2.45, 2.75) is 20.3 Å². The molecule has 0 bridgehead atoms. The summed E-state index contributed by atoms with van der Waals surface area (Å²) in [7, 11) is -2.63. The van der Waals surface area contributed by atoms with Gasteiger partial charge in [-0.2, -0.15) is 10.1 Å². The molecule has 0 heterocycles. The minimum Gasteiger partial charge on any atom is -0.448 e. The monoisotopic (exact) mass is 211 g/mol. The minimum atomic E-state index is -2.63. The first-order valence-electron chi connectivity index (χ1n) is 3.97. The highest BCUT2D eigenvalue weighted by Gasteiger charge is 2.03. The van der Waals surface area contributed by atoms with Gasteiger partial charge in [0.1, 0.15) is 0 Å². The van der Waals surface area contributed by atoms with E-state index in [1.54, 1.807) is 6.92 Å². The van der Waals surface area contributed by atoms with Gasteiger partial charge in [-0.05, 0) is 13.3 Å². The lowest BCUT2D eigenvalue weighted by Crippen LogP contribution is -2.22. The first kappa shape index (κ1) is 12.4. The number of carbonyl (C=O) groups excluding carboxylic acids is 1. The number of hydrogen-bond donors (Lipinski definition) is 1. The van der Waals surface area contributed by atoms with Crippen LogP contribution in [-0.4, -0.2) is 19.3 Å². The Kier molecular flexibility index (Phi) is 7.68. The summed E-state index contributed by atoms with van der Waals surface area (Å²) < 4.78 is 24.3. The molecule has 0 aliphatic carbocycles. The maximum absolute atomic E-state index is 10.8. The Morgan fingerprint density at radius 2 is 2.15 bits per heavy atom. The predicted octanol–water partition coefficient (Wildman–Crippen LogP) is 1.48. The number of amides is 1. The zero-order chi connectivity index (χ0) is 10.1. The molecule has 0 saturated carbocycles. The summed E-state index contributed by atoms with van der Waals surface area (Å²) in [6.45, 7) is 4.08. The van der Waals surface area contributed by atoms with E-state index in [2.05, 4.69) is 13.9 Å². The molecule has 6 nitrogen and oxygen atoms in total. The van der Waals surface area contributed by atoms with Gasteiger partial charge < -0.3 is 9.26 Å². The molecule has 0 aromatic carbocycles. The molecule has 0 aromatic rings. The highest BCUT2D eigenvalue weighted by Crippen LogP contribution is 2.21. The average molecular weight is 211 g/mol. The standard InChI is InChI=1S/C6H14NO5P/c1-3-5-11-13(9)12-7-6(8)10-4-2/h13H,3-5H2,1-2H3,(H,7,8). The zero-order valence-corrected chi connectivity index (χ0v) is 8.66. The summed E-state index contributed by atoms with van der Waals surface area (Å²) in [5.74, 6) is 0. The maximum atomic E-state index is 10.8. The molecule has 1 amide bonds. The number of ether oxygens (including phenoxy) is 1. The second kappa shape index (κ2) is 8.04. The molecule has 0 saturated heterocycles. The topological polar surface area (TPSA) is 73.9 Å². The molecule has 0 aliphatic heterocycles. The van der Waals surface area contributed by atoms with Crippen LogP contribution < -0.4 is 5.48 Å². The zero-order valence-electron chi connectivity index (χ0n) is 7.66. The Morgan fingerprint density at radius 3 is 2.69 bits per heavy atom. The van der Waals surface area contributed by atoms with Crippen molar-refractivity contribution >= 4 is 14.3 Å². The summed E-state index contributed by atoms with van der Waals surface area (Å²) >= 11 is 0. The largest absolute Gasteiger partial charge is 0.448 e. The van der Waals surface area contributed by atoms with Crippen LogP contribution in [0.1, 0.15) is 20.3 Å². The van der Waals surface area contributed by atoms with Crippen LogP contribution in [0.3, 0.4) is 0 Å². The van der Waals surface area contributed by atoms with Gasteiger partial charge in [0.05, 0.1) is 13.2 Å².